The molecule has 0 saturated heterocycles. The van der Waals surface area contributed by atoms with Crippen LogP contribution in [0.2, 0.25) is 0 Å². The molecule has 21 heavy (non-hydrogen) atoms. The highest BCUT2D eigenvalue weighted by Gasteiger charge is 2.31. The number of sulfonamides is 1. The second-order valence-electron chi connectivity index (χ2n) is 6.16. The highest BCUT2D eigenvalue weighted by atomic mass is 32.2. The van der Waals surface area contributed by atoms with Crippen molar-refractivity contribution in [3.63, 3.8) is 0 Å². The van der Waals surface area contributed by atoms with Gasteiger partial charge in [0.15, 0.2) is 10.7 Å². The number of hydrogen-bond donors (Lipinski definition) is 2. The average molecular weight is 332 g/mol. The predicted octanol–water partition coefficient (Wildman–Crippen LogP) is 2.21. The number of nitrogens with one attached hydrogen (secondary N) is 1. The monoisotopic (exact) mass is 332 g/mol. The standard InChI is InChI=1S/C13H24N4O2S2/c1-8-5-6-10(9(2)7-8)15-13-11(12(14)16-20-13)21(18,19)17(3)4/h8-10,15H,5-7H2,1-4H3,(H2,14,16). The number of rotatable bonds is 4. The first kappa shape index (κ1) is 16.5. The Labute approximate surface area is 130 Å². The molecule has 1 aliphatic rings. The number of hydrogen-bond acceptors (Lipinski definition) is 6. The summed E-state index contributed by atoms with van der Waals surface area (Å²) in [6, 6.07) is 0.275. The molecule has 0 spiro atoms. The molecule has 120 valence electrons. The van der Waals surface area contributed by atoms with E-state index in [1.165, 1.54) is 18.4 Å². The summed E-state index contributed by atoms with van der Waals surface area (Å²) >= 11 is 1.12. The molecule has 1 saturated carbocycles. The Morgan fingerprint density at radius 3 is 2.57 bits per heavy atom. The molecule has 1 aromatic rings. The van der Waals surface area contributed by atoms with Crippen LogP contribution in [0.4, 0.5) is 10.8 Å². The molecular weight excluding hydrogens is 308 g/mol. The highest BCUT2D eigenvalue weighted by Crippen LogP contribution is 2.37. The fourth-order valence-corrected chi connectivity index (χ4v) is 4.99. The van der Waals surface area contributed by atoms with Gasteiger partial charge >= 0.3 is 0 Å². The largest absolute Gasteiger partial charge is 0.382 e. The van der Waals surface area contributed by atoms with Gasteiger partial charge in [-0.05, 0) is 42.6 Å². The van der Waals surface area contributed by atoms with Gasteiger partial charge in [0, 0.05) is 20.1 Å². The number of anilines is 2. The van der Waals surface area contributed by atoms with Crippen molar-refractivity contribution in [2.75, 3.05) is 25.1 Å². The van der Waals surface area contributed by atoms with Gasteiger partial charge in [0.05, 0.1) is 0 Å². The van der Waals surface area contributed by atoms with Gasteiger partial charge < -0.3 is 11.1 Å². The summed E-state index contributed by atoms with van der Waals surface area (Å²) in [4.78, 5) is 0.114. The maximum Gasteiger partial charge on any atom is 0.249 e. The Kier molecular flexibility index (Phi) is 4.79. The normalized spacial score (nSPS) is 27.0. The second-order valence-corrected chi connectivity index (χ2v) is 9.02. The lowest BCUT2D eigenvalue weighted by atomic mass is 9.80. The molecule has 1 aliphatic carbocycles. The molecule has 8 heteroatoms. The van der Waals surface area contributed by atoms with E-state index in [-0.39, 0.29) is 16.8 Å². The van der Waals surface area contributed by atoms with E-state index in [2.05, 4.69) is 23.5 Å². The lowest BCUT2D eigenvalue weighted by Gasteiger charge is -2.33. The molecule has 0 amide bonds. The third kappa shape index (κ3) is 3.32. The van der Waals surface area contributed by atoms with Crippen LogP contribution in [0.5, 0.6) is 0 Å². The minimum Gasteiger partial charge on any atom is -0.382 e. The zero-order valence-corrected chi connectivity index (χ0v) is 14.6. The summed E-state index contributed by atoms with van der Waals surface area (Å²) in [6.07, 6.45) is 3.36. The lowest BCUT2D eigenvalue weighted by Crippen LogP contribution is -2.33. The van der Waals surface area contributed by atoms with Crippen molar-refractivity contribution < 1.29 is 8.42 Å². The van der Waals surface area contributed by atoms with Crippen LogP contribution in [-0.2, 0) is 10.0 Å². The Morgan fingerprint density at radius 2 is 2.00 bits per heavy atom. The zero-order chi connectivity index (χ0) is 15.8. The number of nitrogens with two attached hydrogens (primary N) is 1. The van der Waals surface area contributed by atoms with Gasteiger partial charge in [0.1, 0.15) is 5.00 Å². The van der Waals surface area contributed by atoms with Gasteiger partial charge in [-0.25, -0.2) is 12.7 Å². The van der Waals surface area contributed by atoms with E-state index in [9.17, 15) is 8.42 Å². The Hall–Kier alpha value is -0.860. The quantitative estimate of drug-likeness (QED) is 0.882. The minimum absolute atomic E-state index is 0.0769. The third-order valence-electron chi connectivity index (χ3n) is 4.16. The van der Waals surface area contributed by atoms with E-state index in [4.69, 9.17) is 5.73 Å². The summed E-state index contributed by atoms with van der Waals surface area (Å²) in [5.41, 5.74) is 5.78. The van der Waals surface area contributed by atoms with Gasteiger partial charge in [-0.2, -0.15) is 4.37 Å². The van der Waals surface area contributed by atoms with E-state index in [1.54, 1.807) is 0 Å². The van der Waals surface area contributed by atoms with Crippen LogP contribution in [0.25, 0.3) is 0 Å². The Bertz CT molecular complexity index is 597. The van der Waals surface area contributed by atoms with Crippen molar-refractivity contribution in [3.8, 4) is 0 Å². The van der Waals surface area contributed by atoms with Crippen molar-refractivity contribution in [1.82, 2.24) is 8.68 Å². The fourth-order valence-electron chi connectivity index (χ4n) is 2.87. The van der Waals surface area contributed by atoms with E-state index >= 15 is 0 Å². The number of nitrogens with zero attached hydrogens (tertiary/aromatic N) is 2. The third-order valence-corrected chi connectivity index (χ3v) is 6.97. The van der Waals surface area contributed by atoms with Crippen LogP contribution < -0.4 is 11.1 Å². The summed E-state index contributed by atoms with van der Waals surface area (Å²) in [5, 5.41) is 3.93. The first-order valence-corrected chi connectivity index (χ1v) is 9.39. The molecular formula is C13H24N4O2S2. The molecule has 3 unspecified atom stereocenters. The first-order chi connectivity index (χ1) is 9.73. The van der Waals surface area contributed by atoms with Crippen molar-refractivity contribution in [1.29, 1.82) is 0 Å². The Morgan fingerprint density at radius 1 is 1.33 bits per heavy atom. The molecule has 3 atom stereocenters. The van der Waals surface area contributed by atoms with Crippen LogP contribution in [-0.4, -0.2) is 37.2 Å². The van der Waals surface area contributed by atoms with Gasteiger partial charge in [-0.15, -0.1) is 0 Å². The summed E-state index contributed by atoms with van der Waals surface area (Å²) in [5.74, 6) is 1.31. The second kappa shape index (κ2) is 6.10. The van der Waals surface area contributed by atoms with Gasteiger partial charge in [0.2, 0.25) is 10.0 Å². The SMILES string of the molecule is CC1CCC(Nc2snc(N)c2S(=O)(=O)N(C)C)C(C)C1. The molecule has 1 heterocycles. The summed E-state index contributed by atoms with van der Waals surface area (Å²) < 4.78 is 30.0. The maximum atomic E-state index is 12.4. The van der Waals surface area contributed by atoms with Crippen LogP contribution >= 0.6 is 11.5 Å². The smallest absolute Gasteiger partial charge is 0.249 e. The van der Waals surface area contributed by atoms with E-state index in [0.29, 0.717) is 10.9 Å². The molecule has 0 radical (unpaired) electrons. The number of nitrogen functional groups attached to an aromatic ring is 1. The molecule has 0 aromatic carbocycles. The topological polar surface area (TPSA) is 88.3 Å². The molecule has 0 bridgehead atoms. The van der Waals surface area contributed by atoms with Crippen molar-refractivity contribution in [2.24, 2.45) is 11.8 Å². The number of aromatic nitrogens is 1. The molecule has 2 rings (SSSR count). The van der Waals surface area contributed by atoms with E-state index < -0.39 is 10.0 Å². The lowest BCUT2D eigenvalue weighted by molar-refractivity contribution is 0.276. The molecule has 1 aromatic heterocycles. The highest BCUT2D eigenvalue weighted by molar-refractivity contribution is 7.89. The summed E-state index contributed by atoms with van der Waals surface area (Å²) in [6.45, 7) is 4.47. The molecule has 1 fully saturated rings. The van der Waals surface area contributed by atoms with Gasteiger partial charge in [-0.1, -0.05) is 13.8 Å². The van der Waals surface area contributed by atoms with Crippen LogP contribution in [0, 0.1) is 11.8 Å². The van der Waals surface area contributed by atoms with Gasteiger partial charge in [0.25, 0.3) is 0 Å². The molecule has 6 nitrogen and oxygen atoms in total. The van der Waals surface area contributed by atoms with Crippen LogP contribution in [0.1, 0.15) is 33.1 Å². The zero-order valence-electron chi connectivity index (χ0n) is 13.0. The first-order valence-electron chi connectivity index (χ1n) is 7.17. The summed E-state index contributed by atoms with van der Waals surface area (Å²) in [7, 11) is -0.578. The minimum atomic E-state index is -3.58. The average Bonchev–Trinajstić information content (AvgIpc) is 2.74. The van der Waals surface area contributed by atoms with Gasteiger partial charge in [-0.3, -0.25) is 0 Å². The van der Waals surface area contributed by atoms with Crippen LogP contribution in [0.15, 0.2) is 4.90 Å². The van der Waals surface area contributed by atoms with Crippen molar-refractivity contribution in [3.05, 3.63) is 0 Å². The Balaban J connectivity index is 2.26. The fraction of sp³-hybridized carbons (Fsp3) is 0.769. The van der Waals surface area contributed by atoms with E-state index in [1.807, 2.05) is 0 Å². The van der Waals surface area contributed by atoms with E-state index in [0.717, 1.165) is 36.7 Å². The molecule has 3 N–H and O–H groups in total. The van der Waals surface area contributed by atoms with Crippen molar-refractivity contribution >= 4 is 32.4 Å². The predicted molar refractivity (Wildman–Crippen MR) is 87.0 cm³/mol. The maximum absolute atomic E-state index is 12.4. The van der Waals surface area contributed by atoms with Crippen molar-refractivity contribution in [2.45, 2.75) is 44.0 Å². The van der Waals surface area contributed by atoms with Crippen LogP contribution in [0.3, 0.4) is 0 Å². The molecule has 0 aliphatic heterocycles.